The third-order valence-corrected chi connectivity index (χ3v) is 9.00. The molecule has 0 heterocycles. The van der Waals surface area contributed by atoms with E-state index in [9.17, 15) is 18.0 Å². The zero-order chi connectivity index (χ0) is 29.6. The summed E-state index contributed by atoms with van der Waals surface area (Å²) in [4.78, 5) is 28.3. The molecule has 1 atom stereocenters. The zero-order valence-electron chi connectivity index (χ0n) is 23.1. The highest BCUT2D eigenvalue weighted by Crippen LogP contribution is 2.34. The molecular formula is C29H33Cl2N3O5S. The molecule has 11 heteroatoms. The van der Waals surface area contributed by atoms with Crippen LogP contribution in [0.4, 0.5) is 5.69 Å². The van der Waals surface area contributed by atoms with Gasteiger partial charge in [-0.2, -0.15) is 0 Å². The molecule has 214 valence electrons. The summed E-state index contributed by atoms with van der Waals surface area (Å²) in [6.45, 7) is 4.71. The van der Waals surface area contributed by atoms with Gasteiger partial charge in [-0.05, 0) is 62.2 Å². The summed E-state index contributed by atoms with van der Waals surface area (Å²) in [6, 6.07) is 15.5. The van der Waals surface area contributed by atoms with Gasteiger partial charge in [-0.3, -0.25) is 13.9 Å². The lowest BCUT2D eigenvalue weighted by Crippen LogP contribution is -2.51. The molecule has 3 aromatic carbocycles. The molecule has 0 spiro atoms. The highest BCUT2D eigenvalue weighted by atomic mass is 35.5. The molecule has 0 aromatic heterocycles. The van der Waals surface area contributed by atoms with Crippen LogP contribution in [0.3, 0.4) is 0 Å². The number of rotatable bonds is 11. The van der Waals surface area contributed by atoms with Gasteiger partial charge in [0.1, 0.15) is 18.3 Å². The van der Waals surface area contributed by atoms with Crippen molar-refractivity contribution in [3.63, 3.8) is 0 Å². The molecule has 0 unspecified atom stereocenters. The fourth-order valence-electron chi connectivity index (χ4n) is 4.29. The first-order valence-corrected chi connectivity index (χ1v) is 14.8. The molecule has 0 bridgehead atoms. The minimum absolute atomic E-state index is 0.00787. The van der Waals surface area contributed by atoms with Gasteiger partial charge in [-0.25, -0.2) is 8.42 Å². The van der Waals surface area contributed by atoms with Gasteiger partial charge in [0.25, 0.3) is 10.0 Å². The Bertz CT molecular complexity index is 1460. The Morgan fingerprint density at radius 3 is 2.12 bits per heavy atom. The fraction of sp³-hybridized carbons (Fsp3) is 0.310. The summed E-state index contributed by atoms with van der Waals surface area (Å²) in [5.74, 6) is -0.751. The molecule has 0 fully saturated rings. The maximum Gasteiger partial charge on any atom is 0.264 e. The lowest BCUT2D eigenvalue weighted by Gasteiger charge is -2.33. The molecule has 0 aliphatic carbocycles. The van der Waals surface area contributed by atoms with Gasteiger partial charge in [0.05, 0.1) is 17.7 Å². The molecule has 0 radical (unpaired) electrons. The third-order valence-electron chi connectivity index (χ3n) is 6.51. The van der Waals surface area contributed by atoms with E-state index in [0.29, 0.717) is 15.6 Å². The molecule has 2 amide bonds. The highest BCUT2D eigenvalue weighted by Gasteiger charge is 2.35. The first kappa shape index (κ1) is 31.3. The Hall–Kier alpha value is -3.27. The Labute approximate surface area is 245 Å². The number of methoxy groups -OCH3 is 1. The van der Waals surface area contributed by atoms with Crippen molar-refractivity contribution in [1.82, 2.24) is 10.2 Å². The average molecular weight is 607 g/mol. The predicted molar refractivity (Wildman–Crippen MR) is 159 cm³/mol. The van der Waals surface area contributed by atoms with Crippen LogP contribution >= 0.6 is 23.2 Å². The number of anilines is 1. The van der Waals surface area contributed by atoms with E-state index in [1.165, 1.54) is 31.2 Å². The lowest BCUT2D eigenvalue weighted by molar-refractivity contribution is -0.140. The SMILES string of the molecule is CC[C@H](C(=O)NC)N(Cc1c(Cl)cccc1Cl)C(=O)CN(c1cc(C)ccc1OC)S(=O)(=O)c1ccc(C)cc1. The second-order valence-corrected chi connectivity index (χ2v) is 11.9. The lowest BCUT2D eigenvalue weighted by atomic mass is 10.1. The smallest absolute Gasteiger partial charge is 0.264 e. The van der Waals surface area contributed by atoms with E-state index >= 15 is 0 Å². The van der Waals surface area contributed by atoms with E-state index in [2.05, 4.69) is 5.32 Å². The van der Waals surface area contributed by atoms with Crippen molar-refractivity contribution >= 4 is 50.7 Å². The highest BCUT2D eigenvalue weighted by molar-refractivity contribution is 7.92. The normalized spacial score (nSPS) is 12.0. The quantitative estimate of drug-likeness (QED) is 0.317. The Kier molecular flexibility index (Phi) is 10.5. The van der Waals surface area contributed by atoms with Gasteiger partial charge in [0, 0.05) is 29.2 Å². The molecule has 3 aromatic rings. The first-order chi connectivity index (χ1) is 18.9. The van der Waals surface area contributed by atoms with Crippen LogP contribution in [0.1, 0.15) is 30.0 Å². The summed E-state index contributed by atoms with van der Waals surface area (Å²) >= 11 is 12.8. The number of carbonyl (C=O) groups is 2. The third kappa shape index (κ3) is 6.89. The number of nitrogens with zero attached hydrogens (tertiary/aromatic N) is 2. The molecule has 0 saturated carbocycles. The van der Waals surface area contributed by atoms with Crippen molar-refractivity contribution in [2.45, 2.75) is 44.7 Å². The van der Waals surface area contributed by atoms with Gasteiger partial charge >= 0.3 is 0 Å². The van der Waals surface area contributed by atoms with E-state index in [0.717, 1.165) is 15.4 Å². The minimum Gasteiger partial charge on any atom is -0.495 e. The minimum atomic E-state index is -4.24. The van der Waals surface area contributed by atoms with Crippen molar-refractivity contribution in [1.29, 1.82) is 0 Å². The number of benzene rings is 3. The topological polar surface area (TPSA) is 96.0 Å². The maximum atomic E-state index is 14.1. The van der Waals surface area contributed by atoms with Gasteiger partial charge in [0.15, 0.2) is 0 Å². The van der Waals surface area contributed by atoms with Gasteiger partial charge in [-0.1, -0.05) is 60.0 Å². The monoisotopic (exact) mass is 605 g/mol. The van der Waals surface area contributed by atoms with Gasteiger partial charge in [-0.15, -0.1) is 0 Å². The van der Waals surface area contributed by atoms with Crippen molar-refractivity contribution in [2.24, 2.45) is 0 Å². The molecule has 8 nitrogen and oxygen atoms in total. The van der Waals surface area contributed by atoms with Crippen LogP contribution in [0.5, 0.6) is 5.75 Å². The van der Waals surface area contributed by atoms with Crippen LogP contribution in [0.15, 0.2) is 65.6 Å². The van der Waals surface area contributed by atoms with Crippen LogP contribution in [0.25, 0.3) is 0 Å². The van der Waals surface area contributed by atoms with Crippen LogP contribution < -0.4 is 14.4 Å². The number of amides is 2. The number of likely N-dealkylation sites (N-methyl/N-ethyl adjacent to an activating group) is 1. The van der Waals surface area contributed by atoms with E-state index in [1.54, 1.807) is 55.5 Å². The van der Waals surface area contributed by atoms with Crippen molar-refractivity contribution in [3.05, 3.63) is 87.4 Å². The predicted octanol–water partition coefficient (Wildman–Crippen LogP) is 5.37. The summed E-state index contributed by atoms with van der Waals surface area (Å²) in [6.07, 6.45) is 0.270. The second-order valence-electron chi connectivity index (χ2n) is 9.26. The van der Waals surface area contributed by atoms with E-state index in [-0.39, 0.29) is 29.3 Å². The van der Waals surface area contributed by atoms with E-state index in [1.807, 2.05) is 13.8 Å². The Morgan fingerprint density at radius 2 is 1.57 bits per heavy atom. The van der Waals surface area contributed by atoms with Crippen LogP contribution in [-0.2, 0) is 26.2 Å². The molecular weight excluding hydrogens is 573 g/mol. The summed E-state index contributed by atoms with van der Waals surface area (Å²) in [7, 11) is -1.34. The molecule has 3 rings (SSSR count). The summed E-state index contributed by atoms with van der Waals surface area (Å²) < 4.78 is 34.6. The standard InChI is InChI=1S/C29H33Cl2N3O5S/c1-6-25(29(36)32-4)33(17-22-23(30)8-7-9-24(22)31)28(35)18-34(26-16-20(3)12-15-27(26)39-5)40(37,38)21-13-10-19(2)11-14-21/h7-16,25H,6,17-18H2,1-5H3,(H,32,36)/t25-/m1/s1. The van der Waals surface area contributed by atoms with Crippen LogP contribution in [-0.4, -0.2) is 51.9 Å². The number of nitrogens with one attached hydrogen (secondary N) is 1. The molecule has 40 heavy (non-hydrogen) atoms. The number of carbonyl (C=O) groups excluding carboxylic acids is 2. The zero-order valence-corrected chi connectivity index (χ0v) is 25.4. The molecule has 0 aliphatic heterocycles. The number of hydrogen-bond donors (Lipinski definition) is 1. The van der Waals surface area contributed by atoms with Gasteiger partial charge < -0.3 is 15.0 Å². The van der Waals surface area contributed by atoms with E-state index in [4.69, 9.17) is 27.9 Å². The first-order valence-electron chi connectivity index (χ1n) is 12.6. The van der Waals surface area contributed by atoms with Crippen LogP contribution in [0.2, 0.25) is 10.0 Å². The Balaban J connectivity index is 2.17. The summed E-state index contributed by atoms with van der Waals surface area (Å²) in [5, 5.41) is 3.23. The van der Waals surface area contributed by atoms with E-state index < -0.39 is 34.4 Å². The molecule has 0 aliphatic rings. The fourth-order valence-corrected chi connectivity index (χ4v) is 6.22. The maximum absolute atomic E-state index is 14.1. The van der Waals surface area contributed by atoms with Crippen LogP contribution in [0, 0.1) is 13.8 Å². The Morgan fingerprint density at radius 1 is 0.975 bits per heavy atom. The second kappa shape index (κ2) is 13.4. The number of halogens is 2. The summed E-state index contributed by atoms with van der Waals surface area (Å²) in [5.41, 5.74) is 2.29. The number of ether oxygens (including phenoxy) is 1. The van der Waals surface area contributed by atoms with Crippen molar-refractivity contribution in [3.8, 4) is 5.75 Å². The van der Waals surface area contributed by atoms with Crippen molar-refractivity contribution < 1.29 is 22.7 Å². The largest absolute Gasteiger partial charge is 0.495 e. The number of aryl methyl sites for hydroxylation is 2. The number of hydrogen-bond acceptors (Lipinski definition) is 5. The average Bonchev–Trinajstić information content (AvgIpc) is 2.92. The molecule has 0 saturated heterocycles. The van der Waals surface area contributed by atoms with Gasteiger partial charge in [0.2, 0.25) is 11.8 Å². The molecule has 1 N–H and O–H groups in total. The van der Waals surface area contributed by atoms with Crippen molar-refractivity contribution in [2.75, 3.05) is 25.0 Å². The number of sulfonamides is 1.